The van der Waals surface area contributed by atoms with Crippen molar-refractivity contribution >= 4 is 33.6 Å². The Morgan fingerprint density at radius 1 is 1.10 bits per heavy atom. The molecular weight excluding hydrogens is 408 g/mol. The van der Waals surface area contributed by atoms with E-state index >= 15 is 0 Å². The summed E-state index contributed by atoms with van der Waals surface area (Å²) < 4.78 is 15.8. The second-order valence-electron chi connectivity index (χ2n) is 7.57. The number of hydrogen-bond acceptors (Lipinski definition) is 8. The fourth-order valence-electron chi connectivity index (χ4n) is 3.25. The van der Waals surface area contributed by atoms with Crippen LogP contribution in [0.25, 0.3) is 10.2 Å². The predicted octanol–water partition coefficient (Wildman–Crippen LogP) is 2.71. The molecule has 0 N–H and O–H groups in total. The van der Waals surface area contributed by atoms with Crippen molar-refractivity contribution < 1.29 is 23.8 Å². The summed E-state index contributed by atoms with van der Waals surface area (Å²) >= 11 is 1.33. The van der Waals surface area contributed by atoms with E-state index in [4.69, 9.17) is 14.2 Å². The molecule has 0 radical (unpaired) electrons. The van der Waals surface area contributed by atoms with Gasteiger partial charge in [0, 0.05) is 33.3 Å². The lowest BCUT2D eigenvalue weighted by molar-refractivity contribution is 0.0538. The van der Waals surface area contributed by atoms with Crippen LogP contribution in [0.15, 0.2) is 0 Å². The maximum absolute atomic E-state index is 13.2. The molecule has 1 saturated heterocycles. The number of carbonyl (C=O) groups excluding carboxylic acids is 2. The van der Waals surface area contributed by atoms with Gasteiger partial charge in [0.1, 0.15) is 11.4 Å². The number of methoxy groups -OCH3 is 2. The van der Waals surface area contributed by atoms with Crippen molar-refractivity contribution in [2.45, 2.75) is 27.4 Å². The molecule has 0 spiro atoms. The summed E-state index contributed by atoms with van der Waals surface area (Å²) in [6.45, 7) is 8.36. The first-order valence-electron chi connectivity index (χ1n) is 9.89. The van der Waals surface area contributed by atoms with Crippen molar-refractivity contribution in [1.82, 2.24) is 19.8 Å². The predicted molar refractivity (Wildman–Crippen MR) is 113 cm³/mol. The summed E-state index contributed by atoms with van der Waals surface area (Å²) in [5.74, 6) is 1.17. The third kappa shape index (κ3) is 4.65. The first kappa shape index (κ1) is 22.2. The molecule has 2 aromatic rings. The molecule has 10 heteroatoms. The van der Waals surface area contributed by atoms with Gasteiger partial charge in [0.05, 0.1) is 24.0 Å². The van der Waals surface area contributed by atoms with Crippen LogP contribution in [-0.4, -0.2) is 78.8 Å². The van der Waals surface area contributed by atoms with Gasteiger partial charge in [0.2, 0.25) is 5.88 Å². The van der Waals surface area contributed by atoms with E-state index in [1.807, 2.05) is 20.8 Å². The van der Waals surface area contributed by atoms with Crippen molar-refractivity contribution in [3.05, 3.63) is 16.3 Å². The Morgan fingerprint density at radius 2 is 1.77 bits per heavy atom. The number of hydrogen-bond donors (Lipinski definition) is 0. The number of carbonyl (C=O) groups is 2. The summed E-state index contributed by atoms with van der Waals surface area (Å²) in [5.41, 5.74) is 0.805. The molecular formula is C20H28N4O5S. The highest BCUT2D eigenvalue weighted by molar-refractivity contribution is 7.20. The minimum absolute atomic E-state index is 0.0685. The van der Waals surface area contributed by atoms with E-state index in [9.17, 15) is 9.59 Å². The third-order valence-electron chi connectivity index (χ3n) is 4.83. The van der Waals surface area contributed by atoms with Crippen LogP contribution >= 0.6 is 11.3 Å². The maximum atomic E-state index is 13.2. The van der Waals surface area contributed by atoms with Crippen LogP contribution in [0.4, 0.5) is 4.79 Å². The quantitative estimate of drug-likeness (QED) is 0.687. The molecule has 3 rings (SSSR count). The molecule has 1 aliphatic rings. The highest BCUT2D eigenvalue weighted by Crippen LogP contribution is 2.35. The van der Waals surface area contributed by atoms with Crippen molar-refractivity contribution in [2.75, 3.05) is 47.0 Å². The number of ether oxygens (including phenoxy) is 3. The van der Waals surface area contributed by atoms with Gasteiger partial charge in [-0.15, -0.1) is 11.3 Å². The second kappa shape index (κ2) is 9.57. The fraction of sp³-hybridized carbons (Fsp3) is 0.600. The van der Waals surface area contributed by atoms with Gasteiger partial charge in [-0.25, -0.2) is 9.78 Å². The Labute approximate surface area is 179 Å². The monoisotopic (exact) mass is 436 g/mol. The lowest BCUT2D eigenvalue weighted by atomic mass is 10.2. The van der Waals surface area contributed by atoms with Crippen molar-refractivity contribution in [3.63, 3.8) is 0 Å². The van der Waals surface area contributed by atoms with E-state index in [0.717, 1.165) is 10.9 Å². The van der Waals surface area contributed by atoms with Gasteiger partial charge in [-0.2, -0.15) is 4.98 Å². The van der Waals surface area contributed by atoms with Crippen LogP contribution in [0.1, 0.15) is 34.9 Å². The van der Waals surface area contributed by atoms with E-state index in [1.54, 1.807) is 24.0 Å². The van der Waals surface area contributed by atoms with Gasteiger partial charge in [-0.3, -0.25) is 4.79 Å². The smallest absolute Gasteiger partial charge is 0.409 e. The molecule has 0 aromatic carbocycles. The molecule has 0 bridgehead atoms. The maximum Gasteiger partial charge on any atom is 0.409 e. The van der Waals surface area contributed by atoms with Crippen molar-refractivity contribution in [2.24, 2.45) is 5.92 Å². The fourth-order valence-corrected chi connectivity index (χ4v) is 4.41. The number of nitrogens with zero attached hydrogens (tertiary/aromatic N) is 4. The average molecular weight is 437 g/mol. The number of aryl methyl sites for hydroxylation is 1. The van der Waals surface area contributed by atoms with E-state index in [0.29, 0.717) is 54.2 Å². The number of amides is 2. The molecule has 0 unspecified atom stereocenters. The van der Waals surface area contributed by atoms with Gasteiger partial charge in [0.15, 0.2) is 5.82 Å². The van der Waals surface area contributed by atoms with Crippen LogP contribution in [0, 0.1) is 12.8 Å². The molecule has 0 atom stereocenters. The highest BCUT2D eigenvalue weighted by Gasteiger charge is 2.29. The van der Waals surface area contributed by atoms with E-state index < -0.39 is 0 Å². The minimum atomic E-state index is -0.320. The summed E-state index contributed by atoms with van der Waals surface area (Å²) in [6, 6.07) is 0. The summed E-state index contributed by atoms with van der Waals surface area (Å²) in [4.78, 5) is 38.9. The Morgan fingerprint density at radius 3 is 2.37 bits per heavy atom. The number of piperazine rings is 1. The molecule has 3 heterocycles. The van der Waals surface area contributed by atoms with Crippen molar-refractivity contribution in [1.29, 1.82) is 0 Å². The summed E-state index contributed by atoms with van der Waals surface area (Å²) in [7, 11) is 3.13. The molecule has 9 nitrogen and oxygen atoms in total. The largest absolute Gasteiger partial charge is 0.480 e. The van der Waals surface area contributed by atoms with Gasteiger partial charge < -0.3 is 24.0 Å². The molecule has 2 amide bonds. The van der Waals surface area contributed by atoms with Crippen LogP contribution < -0.4 is 4.74 Å². The zero-order valence-corrected chi connectivity index (χ0v) is 18.9. The zero-order valence-electron chi connectivity index (χ0n) is 18.1. The van der Waals surface area contributed by atoms with Crippen molar-refractivity contribution in [3.8, 4) is 5.88 Å². The van der Waals surface area contributed by atoms with Crippen LogP contribution in [0.5, 0.6) is 5.88 Å². The molecule has 30 heavy (non-hydrogen) atoms. The molecule has 1 fully saturated rings. The Kier molecular flexibility index (Phi) is 7.09. The molecule has 1 aliphatic heterocycles. The summed E-state index contributed by atoms with van der Waals surface area (Å²) in [6.07, 6.45) is -0.320. The number of fused-ring (bicyclic) bond motifs is 1. The number of rotatable bonds is 6. The lowest BCUT2D eigenvalue weighted by Crippen LogP contribution is -2.50. The summed E-state index contributed by atoms with van der Waals surface area (Å²) in [5, 5.41) is 0.751. The minimum Gasteiger partial charge on any atom is -0.480 e. The zero-order chi connectivity index (χ0) is 21.8. The van der Waals surface area contributed by atoms with E-state index in [-0.39, 0.29) is 24.5 Å². The third-order valence-corrected chi connectivity index (χ3v) is 6.00. The van der Waals surface area contributed by atoms with Gasteiger partial charge >= 0.3 is 6.09 Å². The first-order chi connectivity index (χ1) is 14.3. The van der Waals surface area contributed by atoms with Crippen LogP contribution in [0.2, 0.25) is 0 Å². The molecule has 0 aliphatic carbocycles. The van der Waals surface area contributed by atoms with Gasteiger partial charge in [-0.05, 0) is 18.4 Å². The number of thiophene rings is 1. The molecule has 2 aromatic heterocycles. The number of aromatic nitrogens is 2. The normalized spacial score (nSPS) is 14.5. The Balaban J connectivity index is 1.74. The topological polar surface area (TPSA) is 94.1 Å². The van der Waals surface area contributed by atoms with Crippen LogP contribution in [0.3, 0.4) is 0 Å². The van der Waals surface area contributed by atoms with Gasteiger partial charge in [-0.1, -0.05) is 13.8 Å². The van der Waals surface area contributed by atoms with Crippen LogP contribution in [-0.2, 0) is 16.1 Å². The average Bonchev–Trinajstić information content (AvgIpc) is 3.07. The molecule has 164 valence electrons. The SMILES string of the molecule is COCc1nc(OC)c2c(C)c(C(=O)N3CCN(C(=O)OCC(C)C)CC3)sc2n1. The lowest BCUT2D eigenvalue weighted by Gasteiger charge is -2.34. The molecule has 0 saturated carbocycles. The first-order valence-corrected chi connectivity index (χ1v) is 10.7. The standard InChI is InChI=1S/C20H28N4O5S/c1-12(2)10-29-20(26)24-8-6-23(7-9-24)19(25)16-13(3)15-17(28-5)21-14(11-27-4)22-18(15)30-16/h12H,6-11H2,1-5H3. The Hall–Kier alpha value is -2.46. The highest BCUT2D eigenvalue weighted by atomic mass is 32.1. The van der Waals surface area contributed by atoms with E-state index in [1.165, 1.54) is 11.3 Å². The Bertz CT molecular complexity index is 922. The van der Waals surface area contributed by atoms with Gasteiger partial charge in [0.25, 0.3) is 5.91 Å². The second-order valence-corrected chi connectivity index (χ2v) is 8.57. The van der Waals surface area contributed by atoms with E-state index in [2.05, 4.69) is 9.97 Å².